The van der Waals surface area contributed by atoms with Crippen LogP contribution in [-0.2, 0) is 0 Å². The lowest BCUT2D eigenvalue weighted by atomic mass is 9.98. The highest BCUT2D eigenvalue weighted by Crippen LogP contribution is 2.58. The summed E-state index contributed by atoms with van der Waals surface area (Å²) in [5.41, 5.74) is 0. The molecule has 2 aliphatic rings. The second kappa shape index (κ2) is 3.50. The van der Waals surface area contributed by atoms with Crippen LogP contribution in [0.4, 0.5) is 0 Å². The highest BCUT2D eigenvalue weighted by molar-refractivity contribution is 9.11. The summed E-state index contributed by atoms with van der Waals surface area (Å²) < 4.78 is 1.20. The first-order valence-electron chi connectivity index (χ1n) is 5.13. The molecule has 76 valence electrons. The van der Waals surface area contributed by atoms with Gasteiger partial charge in [0.15, 0.2) is 0 Å². The summed E-state index contributed by atoms with van der Waals surface area (Å²) >= 11 is 11.8. The number of halogens is 2. The predicted molar refractivity (Wildman–Crippen MR) is 64.9 cm³/mol. The predicted octanol–water partition coefficient (Wildman–Crippen LogP) is 4.84. The van der Waals surface area contributed by atoms with Gasteiger partial charge in [-0.1, -0.05) is 0 Å². The largest absolute Gasteiger partial charge is 0.132 e. The van der Waals surface area contributed by atoms with Crippen molar-refractivity contribution in [2.75, 3.05) is 0 Å². The number of alkyl halides is 1. The second-order valence-electron chi connectivity index (χ2n) is 4.53. The van der Waals surface area contributed by atoms with E-state index in [1.807, 2.05) is 0 Å². The van der Waals surface area contributed by atoms with Crippen LogP contribution in [0, 0.1) is 17.8 Å². The van der Waals surface area contributed by atoms with E-state index in [-0.39, 0.29) is 5.38 Å². The van der Waals surface area contributed by atoms with Crippen LogP contribution >= 0.6 is 38.9 Å². The molecule has 3 atom stereocenters. The summed E-state index contributed by atoms with van der Waals surface area (Å²) in [6.45, 7) is 0. The lowest BCUT2D eigenvalue weighted by Gasteiger charge is -2.16. The minimum Gasteiger partial charge on any atom is -0.132 e. The van der Waals surface area contributed by atoms with Crippen LogP contribution in [0.2, 0.25) is 0 Å². The van der Waals surface area contributed by atoms with Gasteiger partial charge in [-0.2, -0.15) is 0 Å². The van der Waals surface area contributed by atoms with Gasteiger partial charge in [-0.15, -0.1) is 22.9 Å². The van der Waals surface area contributed by atoms with Gasteiger partial charge in [0.05, 0.1) is 9.16 Å². The van der Waals surface area contributed by atoms with E-state index >= 15 is 0 Å². The number of fused-ring (bicyclic) bond motifs is 1. The second-order valence-corrected chi connectivity index (χ2v) is 7.50. The average molecular weight is 292 g/mol. The van der Waals surface area contributed by atoms with E-state index in [4.69, 9.17) is 11.6 Å². The normalized spacial score (nSPS) is 36.9. The Kier molecular flexibility index (Phi) is 2.42. The zero-order valence-electron chi connectivity index (χ0n) is 7.75. The summed E-state index contributed by atoms with van der Waals surface area (Å²) in [5.74, 6) is 2.81. The van der Waals surface area contributed by atoms with Crippen molar-refractivity contribution in [3.63, 3.8) is 0 Å². The first-order chi connectivity index (χ1) is 6.74. The molecule has 2 aliphatic carbocycles. The molecule has 0 radical (unpaired) electrons. The molecule has 2 saturated carbocycles. The Morgan fingerprint density at radius 2 is 2.00 bits per heavy atom. The van der Waals surface area contributed by atoms with Gasteiger partial charge in [-0.25, -0.2) is 0 Å². The van der Waals surface area contributed by atoms with Gasteiger partial charge < -0.3 is 0 Å². The van der Waals surface area contributed by atoms with E-state index in [9.17, 15) is 0 Å². The lowest BCUT2D eigenvalue weighted by molar-refractivity contribution is 0.475. The van der Waals surface area contributed by atoms with Gasteiger partial charge in [-0.05, 0) is 65.1 Å². The topological polar surface area (TPSA) is 0 Å². The molecule has 3 heteroatoms. The zero-order chi connectivity index (χ0) is 9.71. The summed E-state index contributed by atoms with van der Waals surface area (Å²) in [7, 11) is 0. The van der Waals surface area contributed by atoms with Crippen molar-refractivity contribution in [1.29, 1.82) is 0 Å². The molecule has 0 spiro atoms. The number of thiophene rings is 1. The Balaban J connectivity index is 1.72. The van der Waals surface area contributed by atoms with Gasteiger partial charge in [0.25, 0.3) is 0 Å². The van der Waals surface area contributed by atoms with E-state index in [1.54, 1.807) is 11.3 Å². The van der Waals surface area contributed by atoms with Gasteiger partial charge >= 0.3 is 0 Å². The van der Waals surface area contributed by atoms with Gasteiger partial charge in [-0.3, -0.25) is 0 Å². The maximum atomic E-state index is 6.50. The first kappa shape index (κ1) is 9.68. The maximum Gasteiger partial charge on any atom is 0.0707 e. The molecule has 0 nitrogen and oxygen atoms in total. The minimum atomic E-state index is 0.263. The van der Waals surface area contributed by atoms with Gasteiger partial charge in [0, 0.05) is 4.88 Å². The van der Waals surface area contributed by atoms with Crippen LogP contribution in [-0.4, -0.2) is 0 Å². The molecule has 0 saturated heterocycles. The third-order valence-electron chi connectivity index (χ3n) is 3.56. The molecule has 0 bridgehead atoms. The SMILES string of the molecule is ClC(c1ccc(Br)s1)C1CC2CC2C1. The quantitative estimate of drug-likeness (QED) is 0.684. The Hall–Kier alpha value is 0.470. The standard InChI is InChI=1S/C11H12BrClS/c12-10-2-1-9(14-10)11(13)8-4-6-3-7(6)5-8/h1-2,6-8,11H,3-5H2. The monoisotopic (exact) mass is 290 g/mol. The molecule has 1 aromatic heterocycles. The smallest absolute Gasteiger partial charge is 0.0707 e. The highest BCUT2D eigenvalue weighted by atomic mass is 79.9. The Bertz CT molecular complexity index is 339. The number of hydrogen-bond acceptors (Lipinski definition) is 1. The van der Waals surface area contributed by atoms with Crippen LogP contribution in [0.15, 0.2) is 15.9 Å². The third-order valence-corrected chi connectivity index (χ3v) is 5.99. The summed E-state index contributed by atoms with van der Waals surface area (Å²) in [6.07, 6.45) is 4.22. The van der Waals surface area contributed by atoms with Gasteiger partial charge in [0.1, 0.15) is 0 Å². The van der Waals surface area contributed by atoms with Crippen molar-refractivity contribution in [2.24, 2.45) is 17.8 Å². The van der Waals surface area contributed by atoms with Crippen molar-refractivity contribution < 1.29 is 0 Å². The zero-order valence-corrected chi connectivity index (χ0v) is 10.9. The molecular formula is C11H12BrClS. The molecule has 1 heterocycles. The van der Waals surface area contributed by atoms with Crippen molar-refractivity contribution in [1.82, 2.24) is 0 Å². The van der Waals surface area contributed by atoms with E-state index in [0.717, 1.165) is 17.8 Å². The fourth-order valence-corrected chi connectivity index (χ4v) is 4.62. The summed E-state index contributed by atoms with van der Waals surface area (Å²) in [6, 6.07) is 4.27. The van der Waals surface area contributed by atoms with Crippen LogP contribution in [0.25, 0.3) is 0 Å². The van der Waals surface area contributed by atoms with Crippen LogP contribution in [0.5, 0.6) is 0 Å². The van der Waals surface area contributed by atoms with Crippen LogP contribution in [0.1, 0.15) is 29.5 Å². The lowest BCUT2D eigenvalue weighted by Crippen LogP contribution is -2.04. The summed E-state index contributed by atoms with van der Waals surface area (Å²) in [5, 5.41) is 0.263. The summed E-state index contributed by atoms with van der Waals surface area (Å²) in [4.78, 5) is 1.34. The Labute approximate surface area is 102 Å². The molecule has 2 fully saturated rings. The van der Waals surface area contributed by atoms with E-state index in [0.29, 0.717) is 0 Å². The molecule has 1 aromatic rings. The molecular weight excluding hydrogens is 280 g/mol. The number of rotatable bonds is 2. The maximum absolute atomic E-state index is 6.50. The average Bonchev–Trinajstić information content (AvgIpc) is 2.64. The molecule has 3 rings (SSSR count). The van der Waals surface area contributed by atoms with Gasteiger partial charge in [0.2, 0.25) is 0 Å². The van der Waals surface area contributed by atoms with Crippen molar-refractivity contribution in [3.05, 3.63) is 20.8 Å². The van der Waals surface area contributed by atoms with Crippen LogP contribution < -0.4 is 0 Å². The fourth-order valence-electron chi connectivity index (χ4n) is 2.71. The van der Waals surface area contributed by atoms with E-state index < -0.39 is 0 Å². The number of hydrogen-bond donors (Lipinski definition) is 0. The Morgan fingerprint density at radius 1 is 1.29 bits per heavy atom. The minimum absolute atomic E-state index is 0.263. The molecule has 0 amide bonds. The van der Waals surface area contributed by atoms with E-state index in [1.165, 1.54) is 27.9 Å². The van der Waals surface area contributed by atoms with Crippen molar-refractivity contribution >= 4 is 38.9 Å². The van der Waals surface area contributed by atoms with Crippen LogP contribution in [0.3, 0.4) is 0 Å². The molecule has 0 aliphatic heterocycles. The first-order valence-corrected chi connectivity index (χ1v) is 7.18. The Morgan fingerprint density at radius 3 is 2.57 bits per heavy atom. The van der Waals surface area contributed by atoms with Crippen molar-refractivity contribution in [2.45, 2.75) is 24.6 Å². The molecule has 14 heavy (non-hydrogen) atoms. The fraction of sp³-hybridized carbons (Fsp3) is 0.636. The molecule has 0 aromatic carbocycles. The van der Waals surface area contributed by atoms with Crippen molar-refractivity contribution in [3.8, 4) is 0 Å². The van der Waals surface area contributed by atoms with E-state index in [2.05, 4.69) is 28.1 Å². The molecule has 0 N–H and O–H groups in total. The molecule has 3 unspecified atom stereocenters. The third kappa shape index (κ3) is 1.66. The highest BCUT2D eigenvalue weighted by Gasteiger charge is 2.47.